The summed E-state index contributed by atoms with van der Waals surface area (Å²) in [6, 6.07) is 4.47. The van der Waals surface area contributed by atoms with Crippen LogP contribution in [0.15, 0.2) is 18.2 Å². The van der Waals surface area contributed by atoms with Crippen molar-refractivity contribution in [2.45, 2.75) is 39.5 Å². The van der Waals surface area contributed by atoms with Gasteiger partial charge in [0.05, 0.1) is 0 Å². The number of carbonyl (C=O) groups excluding carboxylic acids is 1. The Morgan fingerprint density at radius 2 is 2.26 bits per heavy atom. The smallest absolute Gasteiger partial charge is 0.170 e. The lowest BCUT2D eigenvalue weighted by Gasteiger charge is -2.36. The van der Waals surface area contributed by atoms with Gasteiger partial charge in [-0.15, -0.1) is 0 Å². The van der Waals surface area contributed by atoms with E-state index in [0.29, 0.717) is 5.56 Å². The average molecular weight is 263 g/mol. The summed E-state index contributed by atoms with van der Waals surface area (Å²) >= 11 is 0. The zero-order valence-corrected chi connectivity index (χ0v) is 11.8. The number of halogens is 1. The lowest BCUT2D eigenvalue weighted by atomic mass is 9.71. The quantitative estimate of drug-likeness (QED) is 0.843. The SMILES string of the molecule is CCCC1(C(=O)c2ccc(F)cc2C)CCCNC1. The molecule has 104 valence electrons. The lowest BCUT2D eigenvalue weighted by Crippen LogP contribution is -2.45. The van der Waals surface area contributed by atoms with Crippen LogP contribution >= 0.6 is 0 Å². The molecule has 2 nitrogen and oxygen atoms in total. The van der Waals surface area contributed by atoms with Gasteiger partial charge in [0.25, 0.3) is 0 Å². The summed E-state index contributed by atoms with van der Waals surface area (Å²) in [6.45, 7) is 5.66. The summed E-state index contributed by atoms with van der Waals surface area (Å²) in [4.78, 5) is 12.9. The minimum absolute atomic E-state index is 0.180. The van der Waals surface area contributed by atoms with E-state index in [1.165, 1.54) is 12.1 Å². The molecule has 1 aromatic carbocycles. The third-order valence-electron chi connectivity index (χ3n) is 4.12. The molecule has 1 aliphatic heterocycles. The van der Waals surface area contributed by atoms with Gasteiger partial charge in [-0.3, -0.25) is 4.79 Å². The standard InChI is InChI=1S/C16H22FNO/c1-3-7-16(8-4-9-18-11-16)15(19)14-6-5-13(17)10-12(14)2/h5-6,10,18H,3-4,7-9,11H2,1-2H3. The zero-order valence-electron chi connectivity index (χ0n) is 11.8. The Morgan fingerprint density at radius 1 is 1.47 bits per heavy atom. The maximum atomic E-state index is 13.2. The number of Topliss-reactive ketones (excluding diaryl/α,β-unsaturated/α-hetero) is 1. The van der Waals surface area contributed by atoms with Gasteiger partial charge in [0, 0.05) is 17.5 Å². The fourth-order valence-electron chi connectivity index (χ4n) is 3.13. The molecule has 3 heteroatoms. The Morgan fingerprint density at radius 3 is 2.84 bits per heavy atom. The Balaban J connectivity index is 2.33. The first kappa shape index (κ1) is 14.2. The predicted molar refractivity (Wildman–Crippen MR) is 74.9 cm³/mol. The molecule has 0 aromatic heterocycles. The van der Waals surface area contributed by atoms with E-state index in [-0.39, 0.29) is 17.0 Å². The Hall–Kier alpha value is -1.22. The third-order valence-corrected chi connectivity index (χ3v) is 4.12. The second kappa shape index (κ2) is 5.83. The van der Waals surface area contributed by atoms with Gasteiger partial charge >= 0.3 is 0 Å². The number of hydrogen-bond acceptors (Lipinski definition) is 2. The number of rotatable bonds is 4. The molecule has 0 radical (unpaired) electrons. The maximum absolute atomic E-state index is 13.2. The minimum Gasteiger partial charge on any atom is -0.316 e. The molecule has 0 aliphatic carbocycles. The summed E-state index contributed by atoms with van der Waals surface area (Å²) in [5.74, 6) is -0.0978. The Kier molecular flexibility index (Phi) is 4.35. The maximum Gasteiger partial charge on any atom is 0.170 e. The molecule has 1 fully saturated rings. The van der Waals surface area contributed by atoms with Crippen LogP contribution in [0.3, 0.4) is 0 Å². The highest BCUT2D eigenvalue weighted by Gasteiger charge is 2.39. The van der Waals surface area contributed by atoms with Crippen molar-refractivity contribution in [3.05, 3.63) is 35.1 Å². The van der Waals surface area contributed by atoms with E-state index in [2.05, 4.69) is 12.2 Å². The van der Waals surface area contributed by atoms with Crippen LogP contribution in [0.25, 0.3) is 0 Å². The van der Waals surface area contributed by atoms with Crippen LogP contribution in [-0.4, -0.2) is 18.9 Å². The summed E-state index contributed by atoms with van der Waals surface area (Å²) in [7, 11) is 0. The van der Waals surface area contributed by atoms with Crippen molar-refractivity contribution in [3.8, 4) is 0 Å². The highest BCUT2D eigenvalue weighted by Crippen LogP contribution is 2.36. The van der Waals surface area contributed by atoms with Gasteiger partial charge in [-0.25, -0.2) is 4.39 Å². The fraction of sp³-hybridized carbons (Fsp3) is 0.562. The van der Waals surface area contributed by atoms with E-state index in [4.69, 9.17) is 0 Å². The summed E-state index contributed by atoms with van der Waals surface area (Å²) in [6.07, 6.45) is 3.86. The highest BCUT2D eigenvalue weighted by molar-refractivity contribution is 6.02. The van der Waals surface area contributed by atoms with Gasteiger partial charge in [-0.2, -0.15) is 0 Å². The molecule has 1 saturated heterocycles. The number of hydrogen-bond donors (Lipinski definition) is 1. The van der Waals surface area contributed by atoms with Gasteiger partial charge in [0.15, 0.2) is 5.78 Å². The molecule has 2 rings (SSSR count). The monoisotopic (exact) mass is 263 g/mol. The van der Waals surface area contributed by atoms with Crippen LogP contribution in [0, 0.1) is 18.2 Å². The lowest BCUT2D eigenvalue weighted by molar-refractivity contribution is 0.0717. The second-order valence-electron chi connectivity index (χ2n) is 5.60. The van der Waals surface area contributed by atoms with Crippen LogP contribution in [0.1, 0.15) is 48.5 Å². The topological polar surface area (TPSA) is 29.1 Å². The number of benzene rings is 1. The number of ketones is 1. The molecule has 19 heavy (non-hydrogen) atoms. The van der Waals surface area contributed by atoms with Crippen molar-refractivity contribution in [3.63, 3.8) is 0 Å². The number of piperidine rings is 1. The summed E-state index contributed by atoms with van der Waals surface area (Å²) < 4.78 is 13.2. The molecule has 0 saturated carbocycles. The van der Waals surface area contributed by atoms with Crippen LogP contribution in [0.5, 0.6) is 0 Å². The van der Waals surface area contributed by atoms with Gasteiger partial charge in [0.1, 0.15) is 5.82 Å². The molecule has 0 bridgehead atoms. The van der Waals surface area contributed by atoms with E-state index in [9.17, 15) is 9.18 Å². The molecular formula is C16H22FNO. The minimum atomic E-state index is -0.296. The van der Waals surface area contributed by atoms with E-state index in [1.54, 1.807) is 6.07 Å². The van der Waals surface area contributed by atoms with Crippen molar-refractivity contribution < 1.29 is 9.18 Å². The van der Waals surface area contributed by atoms with Crippen molar-refractivity contribution in [1.82, 2.24) is 5.32 Å². The summed E-state index contributed by atoms with van der Waals surface area (Å²) in [5, 5.41) is 3.35. The first-order valence-electron chi connectivity index (χ1n) is 7.11. The van der Waals surface area contributed by atoms with Gasteiger partial charge in [-0.1, -0.05) is 13.3 Å². The number of carbonyl (C=O) groups is 1. The average Bonchev–Trinajstić information content (AvgIpc) is 2.39. The molecule has 1 N–H and O–H groups in total. The Labute approximate surface area is 114 Å². The van der Waals surface area contributed by atoms with E-state index >= 15 is 0 Å². The number of nitrogens with one attached hydrogen (secondary N) is 1. The van der Waals surface area contributed by atoms with Gasteiger partial charge in [-0.05, 0) is 56.5 Å². The van der Waals surface area contributed by atoms with Crippen molar-refractivity contribution in [1.29, 1.82) is 0 Å². The van der Waals surface area contributed by atoms with Crippen LogP contribution in [0.2, 0.25) is 0 Å². The van der Waals surface area contributed by atoms with Gasteiger partial charge < -0.3 is 5.32 Å². The van der Waals surface area contributed by atoms with Crippen LogP contribution in [-0.2, 0) is 0 Å². The van der Waals surface area contributed by atoms with Crippen molar-refractivity contribution >= 4 is 5.78 Å². The summed E-state index contributed by atoms with van der Waals surface area (Å²) in [5.41, 5.74) is 1.12. The number of aryl methyl sites for hydroxylation is 1. The molecule has 1 heterocycles. The highest BCUT2D eigenvalue weighted by atomic mass is 19.1. The van der Waals surface area contributed by atoms with Crippen molar-refractivity contribution in [2.24, 2.45) is 5.41 Å². The van der Waals surface area contributed by atoms with Crippen LogP contribution in [0.4, 0.5) is 4.39 Å². The normalized spacial score (nSPS) is 23.3. The zero-order chi connectivity index (χ0) is 13.9. The van der Waals surface area contributed by atoms with Gasteiger partial charge in [0.2, 0.25) is 0 Å². The second-order valence-corrected chi connectivity index (χ2v) is 5.60. The van der Waals surface area contributed by atoms with E-state index in [1.807, 2.05) is 6.92 Å². The van der Waals surface area contributed by atoms with Crippen LogP contribution < -0.4 is 5.32 Å². The molecule has 1 aliphatic rings. The molecule has 1 aromatic rings. The van der Waals surface area contributed by atoms with Crippen molar-refractivity contribution in [2.75, 3.05) is 13.1 Å². The third kappa shape index (κ3) is 2.86. The molecule has 1 unspecified atom stereocenters. The first-order valence-corrected chi connectivity index (χ1v) is 7.11. The fourth-order valence-corrected chi connectivity index (χ4v) is 3.13. The molecule has 1 atom stereocenters. The Bertz CT molecular complexity index is 458. The predicted octanol–water partition coefficient (Wildman–Crippen LogP) is 3.49. The molecule has 0 amide bonds. The van der Waals surface area contributed by atoms with E-state index in [0.717, 1.165) is 44.3 Å². The first-order chi connectivity index (χ1) is 9.09. The van der Waals surface area contributed by atoms with E-state index < -0.39 is 0 Å². The molecule has 0 spiro atoms. The molecular weight excluding hydrogens is 241 g/mol. The largest absolute Gasteiger partial charge is 0.316 e.